The Labute approximate surface area is 133 Å². The lowest BCUT2D eigenvalue weighted by Gasteiger charge is -2.24. The van der Waals surface area contributed by atoms with Gasteiger partial charge in [-0.3, -0.25) is 0 Å². The summed E-state index contributed by atoms with van der Waals surface area (Å²) < 4.78 is 0. The minimum atomic E-state index is 0.399. The highest BCUT2D eigenvalue weighted by Crippen LogP contribution is 2.32. The van der Waals surface area contributed by atoms with Crippen molar-refractivity contribution in [1.29, 1.82) is 0 Å². The Bertz CT molecular complexity index is 217. The number of halogens is 4. The first-order chi connectivity index (χ1) is 7.63. The van der Waals surface area contributed by atoms with Crippen LogP contribution in [0.5, 0.6) is 0 Å². The van der Waals surface area contributed by atoms with Crippen molar-refractivity contribution in [3.05, 3.63) is 12.2 Å². The third kappa shape index (κ3) is 5.53. The highest BCUT2D eigenvalue weighted by atomic mass is 79.9. The van der Waals surface area contributed by atoms with Crippen molar-refractivity contribution in [2.24, 2.45) is 0 Å². The molecule has 0 aromatic rings. The molecule has 0 aromatic carbocycles. The maximum absolute atomic E-state index is 3.79. The maximum Gasteiger partial charge on any atom is 0.0461 e. The SMILES string of the molecule is BrC1C=CCCCCCCC(Br)C(Br)C1Br. The van der Waals surface area contributed by atoms with Gasteiger partial charge in [0.05, 0.1) is 0 Å². The molecule has 1 rings (SSSR count). The van der Waals surface area contributed by atoms with Gasteiger partial charge in [-0.2, -0.15) is 0 Å². The number of hydrogen-bond donors (Lipinski definition) is 0. The molecule has 0 aliphatic heterocycles. The molecule has 0 saturated heterocycles. The molecule has 0 spiro atoms. The Balaban J connectivity index is 2.60. The predicted molar refractivity (Wildman–Crippen MR) is 87.7 cm³/mol. The Morgan fingerprint density at radius 1 is 0.812 bits per heavy atom. The molecule has 1 aliphatic rings. The second kappa shape index (κ2) is 8.71. The summed E-state index contributed by atoms with van der Waals surface area (Å²) in [5, 5.41) is 0. The molecule has 0 aromatic heterocycles. The Kier molecular flexibility index (Phi) is 8.55. The smallest absolute Gasteiger partial charge is 0.0461 e. The van der Waals surface area contributed by atoms with Crippen LogP contribution in [0.3, 0.4) is 0 Å². The summed E-state index contributed by atoms with van der Waals surface area (Å²) in [6.07, 6.45) is 12.4. The first kappa shape index (κ1) is 15.7. The van der Waals surface area contributed by atoms with Crippen LogP contribution in [0.1, 0.15) is 38.5 Å². The zero-order valence-corrected chi connectivity index (χ0v) is 15.6. The molecule has 4 unspecified atom stereocenters. The average molecular weight is 482 g/mol. The van der Waals surface area contributed by atoms with E-state index in [1.165, 1.54) is 38.5 Å². The van der Waals surface area contributed by atoms with E-state index in [4.69, 9.17) is 0 Å². The molecule has 0 radical (unpaired) electrons. The summed E-state index contributed by atoms with van der Waals surface area (Å²) in [4.78, 5) is 1.83. The highest BCUT2D eigenvalue weighted by molar-refractivity contribution is 9.14. The predicted octanol–water partition coefficient (Wildman–Crippen LogP) is 5.95. The van der Waals surface area contributed by atoms with Crippen molar-refractivity contribution in [2.45, 2.75) is 57.8 Å². The largest absolute Gasteiger partial charge is 0.0878 e. The van der Waals surface area contributed by atoms with Crippen LogP contribution < -0.4 is 0 Å². The number of rotatable bonds is 0. The van der Waals surface area contributed by atoms with Gasteiger partial charge in [0.1, 0.15) is 0 Å². The molecule has 4 heteroatoms. The van der Waals surface area contributed by atoms with E-state index in [1.807, 2.05) is 0 Å². The van der Waals surface area contributed by atoms with Crippen LogP contribution in [-0.2, 0) is 0 Å². The van der Waals surface area contributed by atoms with Crippen molar-refractivity contribution < 1.29 is 0 Å². The van der Waals surface area contributed by atoms with Crippen molar-refractivity contribution in [3.63, 3.8) is 0 Å². The average Bonchev–Trinajstić information content (AvgIpc) is 2.28. The van der Waals surface area contributed by atoms with Crippen LogP contribution in [-0.4, -0.2) is 19.3 Å². The molecular weight excluding hydrogens is 464 g/mol. The van der Waals surface area contributed by atoms with Crippen LogP contribution in [0.4, 0.5) is 0 Å². The minimum Gasteiger partial charge on any atom is -0.0878 e. The summed E-state index contributed by atoms with van der Waals surface area (Å²) >= 11 is 15.1. The van der Waals surface area contributed by atoms with Crippen molar-refractivity contribution in [1.82, 2.24) is 0 Å². The van der Waals surface area contributed by atoms with Crippen LogP contribution in [0, 0.1) is 0 Å². The number of alkyl halides is 4. The van der Waals surface area contributed by atoms with Crippen molar-refractivity contribution in [3.8, 4) is 0 Å². The summed E-state index contributed by atoms with van der Waals surface area (Å²) in [6.45, 7) is 0. The molecule has 4 atom stereocenters. The zero-order valence-electron chi connectivity index (χ0n) is 9.22. The molecule has 0 N–H and O–H groups in total. The van der Waals surface area contributed by atoms with Gasteiger partial charge in [0, 0.05) is 19.3 Å². The fraction of sp³-hybridized carbons (Fsp3) is 0.833. The van der Waals surface area contributed by atoms with E-state index >= 15 is 0 Å². The standard InChI is InChI=1S/C12H18Br4/c13-9-7-5-3-1-2-4-6-8-10(14)12(16)11(9)15/h5,7,9-12H,1-4,6,8H2. The third-order valence-corrected chi connectivity index (χ3v) is 9.25. The minimum absolute atomic E-state index is 0.399. The van der Waals surface area contributed by atoms with Gasteiger partial charge in [-0.1, -0.05) is 95.1 Å². The lowest BCUT2D eigenvalue weighted by Crippen LogP contribution is -2.30. The fourth-order valence-electron chi connectivity index (χ4n) is 1.82. The highest BCUT2D eigenvalue weighted by Gasteiger charge is 2.27. The van der Waals surface area contributed by atoms with E-state index in [2.05, 4.69) is 75.9 Å². The second-order valence-electron chi connectivity index (χ2n) is 4.27. The molecule has 0 heterocycles. The van der Waals surface area contributed by atoms with Gasteiger partial charge in [-0.15, -0.1) is 0 Å². The molecule has 0 bridgehead atoms. The lowest BCUT2D eigenvalue weighted by molar-refractivity contribution is 0.595. The molecule has 0 amide bonds. The van der Waals surface area contributed by atoms with E-state index in [0.29, 0.717) is 19.3 Å². The molecule has 1 aliphatic carbocycles. The van der Waals surface area contributed by atoms with Gasteiger partial charge in [0.25, 0.3) is 0 Å². The summed E-state index contributed by atoms with van der Waals surface area (Å²) in [6, 6.07) is 0. The lowest BCUT2D eigenvalue weighted by atomic mass is 10.0. The van der Waals surface area contributed by atoms with E-state index in [0.717, 1.165) is 0 Å². The fourth-order valence-corrected chi connectivity index (χ4v) is 4.98. The van der Waals surface area contributed by atoms with Gasteiger partial charge < -0.3 is 0 Å². The van der Waals surface area contributed by atoms with Gasteiger partial charge in [0.15, 0.2) is 0 Å². The van der Waals surface area contributed by atoms with E-state index in [1.54, 1.807) is 0 Å². The normalized spacial score (nSPS) is 38.8. The monoisotopic (exact) mass is 478 g/mol. The van der Waals surface area contributed by atoms with E-state index < -0.39 is 0 Å². The molecule has 0 nitrogen and oxygen atoms in total. The van der Waals surface area contributed by atoms with Gasteiger partial charge in [0.2, 0.25) is 0 Å². The Morgan fingerprint density at radius 3 is 2.25 bits per heavy atom. The van der Waals surface area contributed by atoms with Gasteiger partial charge >= 0.3 is 0 Å². The molecular formula is C12H18Br4. The maximum atomic E-state index is 3.79. The first-order valence-electron chi connectivity index (χ1n) is 5.86. The van der Waals surface area contributed by atoms with Gasteiger partial charge in [-0.05, 0) is 19.3 Å². The van der Waals surface area contributed by atoms with Crippen LogP contribution in [0.2, 0.25) is 0 Å². The van der Waals surface area contributed by atoms with Crippen LogP contribution >= 0.6 is 63.7 Å². The zero-order chi connectivity index (χ0) is 12.0. The number of allylic oxidation sites excluding steroid dienone is 2. The van der Waals surface area contributed by atoms with Crippen LogP contribution in [0.25, 0.3) is 0 Å². The Morgan fingerprint density at radius 2 is 1.50 bits per heavy atom. The summed E-state index contributed by atoms with van der Waals surface area (Å²) in [5.74, 6) is 0. The second-order valence-corrected chi connectivity index (χ2v) is 8.62. The quantitative estimate of drug-likeness (QED) is 0.296. The molecule has 16 heavy (non-hydrogen) atoms. The van der Waals surface area contributed by atoms with E-state index in [9.17, 15) is 0 Å². The van der Waals surface area contributed by atoms with Gasteiger partial charge in [-0.25, -0.2) is 0 Å². The summed E-state index contributed by atoms with van der Waals surface area (Å²) in [7, 11) is 0. The first-order valence-corrected chi connectivity index (χ1v) is 9.52. The molecule has 0 saturated carbocycles. The van der Waals surface area contributed by atoms with E-state index in [-0.39, 0.29) is 0 Å². The number of hydrogen-bond acceptors (Lipinski definition) is 0. The van der Waals surface area contributed by atoms with Crippen molar-refractivity contribution in [2.75, 3.05) is 0 Å². The van der Waals surface area contributed by atoms with Crippen LogP contribution in [0.15, 0.2) is 12.2 Å². The summed E-state index contributed by atoms with van der Waals surface area (Å²) in [5.41, 5.74) is 0. The molecule has 94 valence electrons. The third-order valence-electron chi connectivity index (χ3n) is 2.87. The topological polar surface area (TPSA) is 0 Å². The Hall–Kier alpha value is 1.66. The van der Waals surface area contributed by atoms with Crippen molar-refractivity contribution >= 4 is 63.7 Å². The molecule has 0 fully saturated rings.